The Bertz CT molecular complexity index is 846. The molecule has 3 rings (SSSR count). The van der Waals surface area contributed by atoms with Crippen LogP contribution in [0.25, 0.3) is 0 Å². The Balaban J connectivity index is 1.51. The number of Topliss-reactive ketones (excluding diaryl/α,β-unsaturated/α-hetero) is 1. The van der Waals surface area contributed by atoms with Crippen LogP contribution in [0.4, 0.5) is 10.5 Å². The van der Waals surface area contributed by atoms with E-state index in [1.54, 1.807) is 19.1 Å². The van der Waals surface area contributed by atoms with Crippen molar-refractivity contribution in [2.24, 2.45) is 5.92 Å². The van der Waals surface area contributed by atoms with Crippen molar-refractivity contribution in [3.05, 3.63) is 29.8 Å². The number of nitrogens with zero attached hydrogens (tertiary/aromatic N) is 1. The molecule has 1 aromatic rings. The van der Waals surface area contributed by atoms with Crippen molar-refractivity contribution in [3.8, 4) is 0 Å². The van der Waals surface area contributed by atoms with Gasteiger partial charge in [-0.15, -0.1) is 0 Å². The van der Waals surface area contributed by atoms with Gasteiger partial charge in [0.1, 0.15) is 12.1 Å². The standard InChI is InChI=1S/C19H21N3O6/c1-11(23)20-14-7-3-12(4-8-14)15(24)10-28-16(25)9-22-17(26)19(2,13-5-6-13)21-18(22)27/h3-4,7-8,13H,5-6,9-10H2,1-2H3,(H,20,23)(H,21,27)/t19-/m1/s1. The predicted octanol–water partition coefficient (Wildman–Crippen LogP) is 1.09. The zero-order chi connectivity index (χ0) is 20.5. The number of ether oxygens (including phenoxy) is 1. The van der Waals surface area contributed by atoms with Gasteiger partial charge in [-0.25, -0.2) is 4.79 Å². The third-order valence-electron chi connectivity index (χ3n) is 4.87. The Morgan fingerprint density at radius 2 is 1.86 bits per heavy atom. The summed E-state index contributed by atoms with van der Waals surface area (Å²) in [6.07, 6.45) is 1.71. The highest BCUT2D eigenvalue weighted by molar-refractivity contribution is 6.09. The van der Waals surface area contributed by atoms with Crippen molar-refractivity contribution in [2.75, 3.05) is 18.5 Å². The second-order valence-corrected chi connectivity index (χ2v) is 7.14. The van der Waals surface area contributed by atoms with E-state index in [1.807, 2.05) is 0 Å². The molecule has 1 atom stereocenters. The second kappa shape index (κ2) is 7.41. The minimum Gasteiger partial charge on any atom is -0.456 e. The van der Waals surface area contributed by atoms with E-state index in [1.165, 1.54) is 19.1 Å². The quantitative estimate of drug-likeness (QED) is 0.410. The lowest BCUT2D eigenvalue weighted by atomic mass is 9.96. The fraction of sp³-hybridized carbons (Fsp3) is 0.421. The van der Waals surface area contributed by atoms with Crippen LogP contribution in [0.3, 0.4) is 0 Å². The average Bonchev–Trinajstić information content (AvgIpc) is 3.46. The maximum atomic E-state index is 12.5. The maximum Gasteiger partial charge on any atom is 0.326 e. The zero-order valence-electron chi connectivity index (χ0n) is 15.6. The summed E-state index contributed by atoms with van der Waals surface area (Å²) in [4.78, 5) is 60.4. The molecule has 1 aromatic carbocycles. The highest BCUT2D eigenvalue weighted by atomic mass is 16.5. The average molecular weight is 387 g/mol. The van der Waals surface area contributed by atoms with Gasteiger partial charge in [-0.2, -0.15) is 0 Å². The normalized spacial score (nSPS) is 21.3. The molecule has 0 unspecified atom stereocenters. The Kier molecular flexibility index (Phi) is 5.17. The molecule has 0 spiro atoms. The summed E-state index contributed by atoms with van der Waals surface area (Å²) in [7, 11) is 0. The SMILES string of the molecule is CC(=O)Nc1ccc(C(=O)COC(=O)CN2C(=O)N[C@](C)(C3CC3)C2=O)cc1. The van der Waals surface area contributed by atoms with Crippen LogP contribution in [0.2, 0.25) is 0 Å². The lowest BCUT2D eigenvalue weighted by Crippen LogP contribution is -2.46. The van der Waals surface area contributed by atoms with Crippen LogP contribution < -0.4 is 10.6 Å². The van der Waals surface area contributed by atoms with Crippen molar-refractivity contribution in [1.82, 2.24) is 10.2 Å². The molecule has 1 aliphatic carbocycles. The van der Waals surface area contributed by atoms with E-state index in [9.17, 15) is 24.0 Å². The van der Waals surface area contributed by atoms with E-state index in [0.717, 1.165) is 17.7 Å². The summed E-state index contributed by atoms with van der Waals surface area (Å²) in [5.41, 5.74) is -0.125. The minimum atomic E-state index is -0.969. The van der Waals surface area contributed by atoms with E-state index in [-0.39, 0.29) is 11.8 Å². The first-order valence-corrected chi connectivity index (χ1v) is 8.91. The van der Waals surface area contributed by atoms with Crippen LogP contribution >= 0.6 is 0 Å². The number of rotatable bonds is 7. The molecule has 9 nitrogen and oxygen atoms in total. The molecule has 2 N–H and O–H groups in total. The number of nitrogens with one attached hydrogen (secondary N) is 2. The molecule has 28 heavy (non-hydrogen) atoms. The van der Waals surface area contributed by atoms with Crippen molar-refractivity contribution in [1.29, 1.82) is 0 Å². The molecule has 0 aromatic heterocycles. The number of carbonyl (C=O) groups is 5. The van der Waals surface area contributed by atoms with Crippen molar-refractivity contribution >= 4 is 35.3 Å². The molecule has 9 heteroatoms. The lowest BCUT2D eigenvalue weighted by molar-refractivity contribution is -0.146. The summed E-state index contributed by atoms with van der Waals surface area (Å²) in [6, 6.07) is 5.49. The molecular formula is C19H21N3O6. The second-order valence-electron chi connectivity index (χ2n) is 7.14. The highest BCUT2D eigenvalue weighted by Crippen LogP contribution is 2.42. The van der Waals surface area contributed by atoms with Crippen LogP contribution in [-0.2, 0) is 19.1 Å². The summed E-state index contributed by atoms with van der Waals surface area (Å²) >= 11 is 0. The number of benzene rings is 1. The molecule has 0 bridgehead atoms. The number of hydrogen-bond acceptors (Lipinski definition) is 6. The Labute approximate surface area is 161 Å². The van der Waals surface area contributed by atoms with Crippen molar-refractivity contribution in [2.45, 2.75) is 32.2 Å². The first-order valence-electron chi connectivity index (χ1n) is 8.91. The number of esters is 1. The van der Waals surface area contributed by atoms with Gasteiger partial charge in [0.05, 0.1) is 0 Å². The van der Waals surface area contributed by atoms with Crippen LogP contribution in [0.1, 0.15) is 37.0 Å². The Hall–Kier alpha value is -3.23. The van der Waals surface area contributed by atoms with Gasteiger partial charge in [-0.3, -0.25) is 24.1 Å². The molecular weight excluding hydrogens is 366 g/mol. The van der Waals surface area contributed by atoms with E-state index >= 15 is 0 Å². The fourth-order valence-electron chi connectivity index (χ4n) is 3.14. The summed E-state index contributed by atoms with van der Waals surface area (Å²) < 4.78 is 4.92. The summed E-state index contributed by atoms with van der Waals surface area (Å²) in [6.45, 7) is 1.98. The fourth-order valence-corrected chi connectivity index (χ4v) is 3.14. The molecule has 2 fully saturated rings. The number of amides is 4. The first-order chi connectivity index (χ1) is 13.2. The molecule has 148 valence electrons. The van der Waals surface area contributed by atoms with E-state index in [2.05, 4.69) is 10.6 Å². The van der Waals surface area contributed by atoms with Gasteiger partial charge in [0.25, 0.3) is 5.91 Å². The molecule has 1 heterocycles. The van der Waals surface area contributed by atoms with E-state index in [0.29, 0.717) is 11.3 Å². The smallest absolute Gasteiger partial charge is 0.326 e. The van der Waals surface area contributed by atoms with Gasteiger partial charge in [-0.05, 0) is 49.9 Å². The van der Waals surface area contributed by atoms with Gasteiger partial charge < -0.3 is 15.4 Å². The molecule has 0 radical (unpaired) electrons. The third kappa shape index (κ3) is 4.03. The monoisotopic (exact) mass is 387 g/mol. The predicted molar refractivity (Wildman–Crippen MR) is 97.4 cm³/mol. The van der Waals surface area contributed by atoms with E-state index < -0.39 is 42.4 Å². The lowest BCUT2D eigenvalue weighted by Gasteiger charge is -2.20. The van der Waals surface area contributed by atoms with E-state index in [4.69, 9.17) is 4.74 Å². The van der Waals surface area contributed by atoms with Crippen LogP contribution in [-0.4, -0.2) is 53.2 Å². The Morgan fingerprint density at radius 1 is 1.21 bits per heavy atom. The van der Waals surface area contributed by atoms with Crippen molar-refractivity contribution < 1.29 is 28.7 Å². The van der Waals surface area contributed by atoms with Crippen molar-refractivity contribution in [3.63, 3.8) is 0 Å². The molecule has 2 aliphatic rings. The highest BCUT2D eigenvalue weighted by Gasteiger charge is 2.56. The minimum absolute atomic E-state index is 0.0898. The molecule has 1 saturated heterocycles. The number of ketones is 1. The number of imide groups is 1. The number of hydrogen-bond donors (Lipinski definition) is 2. The van der Waals surface area contributed by atoms with Gasteiger partial charge in [0, 0.05) is 18.2 Å². The maximum absolute atomic E-state index is 12.5. The summed E-state index contributed by atoms with van der Waals surface area (Å²) in [5.74, 6) is -1.87. The Morgan fingerprint density at radius 3 is 2.43 bits per heavy atom. The topological polar surface area (TPSA) is 122 Å². The number of anilines is 1. The van der Waals surface area contributed by atoms with Crippen LogP contribution in [0.5, 0.6) is 0 Å². The summed E-state index contributed by atoms with van der Waals surface area (Å²) in [5, 5.41) is 5.22. The van der Waals surface area contributed by atoms with Gasteiger partial charge >= 0.3 is 12.0 Å². The number of urea groups is 1. The zero-order valence-corrected chi connectivity index (χ0v) is 15.6. The largest absolute Gasteiger partial charge is 0.456 e. The molecule has 1 saturated carbocycles. The van der Waals surface area contributed by atoms with Crippen LogP contribution in [0.15, 0.2) is 24.3 Å². The molecule has 4 amide bonds. The van der Waals surface area contributed by atoms with Crippen LogP contribution in [0, 0.1) is 5.92 Å². The first kappa shape index (κ1) is 19.5. The van der Waals surface area contributed by atoms with Gasteiger partial charge in [0.2, 0.25) is 5.91 Å². The molecule has 1 aliphatic heterocycles. The van der Waals surface area contributed by atoms with Gasteiger partial charge in [0.15, 0.2) is 12.4 Å². The van der Waals surface area contributed by atoms with Gasteiger partial charge in [-0.1, -0.05) is 0 Å². The third-order valence-corrected chi connectivity index (χ3v) is 4.87. The number of carbonyl (C=O) groups excluding carboxylic acids is 5.